The molecule has 0 unspecified atom stereocenters. The van der Waals surface area contributed by atoms with Crippen molar-refractivity contribution in [1.82, 2.24) is 14.5 Å². The van der Waals surface area contributed by atoms with Crippen LogP contribution in [-0.2, 0) is 14.8 Å². The molecular weight excluding hydrogens is 394 g/mol. The summed E-state index contributed by atoms with van der Waals surface area (Å²) in [6.45, 7) is 2.58. The van der Waals surface area contributed by atoms with E-state index in [-0.39, 0.29) is 29.8 Å². The van der Waals surface area contributed by atoms with Crippen molar-refractivity contribution in [3.8, 4) is 0 Å². The van der Waals surface area contributed by atoms with Crippen molar-refractivity contribution in [2.24, 2.45) is 0 Å². The molecule has 1 amide bonds. The molecule has 0 radical (unpaired) electrons. The van der Waals surface area contributed by atoms with Gasteiger partial charge in [0.2, 0.25) is 15.9 Å². The van der Waals surface area contributed by atoms with Gasteiger partial charge in [-0.1, -0.05) is 15.9 Å². The maximum Gasteiger partial charge on any atom is 0.243 e. The molecule has 1 N–H and O–H groups in total. The highest BCUT2D eigenvalue weighted by Gasteiger charge is 2.25. The zero-order valence-electron chi connectivity index (χ0n) is 12.2. The Morgan fingerprint density at radius 2 is 1.82 bits per heavy atom. The third-order valence-corrected chi connectivity index (χ3v) is 5.70. The Kier molecular flexibility index (Phi) is 7.27. The molecule has 1 fully saturated rings. The van der Waals surface area contributed by atoms with Gasteiger partial charge in [0.1, 0.15) is 0 Å². The third kappa shape index (κ3) is 4.66. The van der Waals surface area contributed by atoms with Crippen LogP contribution in [0.3, 0.4) is 0 Å². The van der Waals surface area contributed by atoms with Crippen molar-refractivity contribution < 1.29 is 13.2 Å². The number of sulfonamides is 1. The Morgan fingerprint density at radius 3 is 2.36 bits per heavy atom. The van der Waals surface area contributed by atoms with E-state index in [1.54, 1.807) is 17.0 Å². The Bertz CT molecular complexity index is 603. The summed E-state index contributed by atoms with van der Waals surface area (Å²) in [6, 6.07) is 6.37. The lowest BCUT2D eigenvalue weighted by Crippen LogP contribution is -2.49. The Labute approximate surface area is 145 Å². The number of benzene rings is 1. The van der Waals surface area contributed by atoms with E-state index in [2.05, 4.69) is 21.2 Å². The third-order valence-electron chi connectivity index (χ3n) is 3.35. The summed E-state index contributed by atoms with van der Waals surface area (Å²) in [6.07, 6.45) is 0. The van der Waals surface area contributed by atoms with E-state index in [9.17, 15) is 13.2 Å². The van der Waals surface area contributed by atoms with Crippen molar-refractivity contribution in [3.05, 3.63) is 28.7 Å². The Hall–Kier alpha value is -0.670. The van der Waals surface area contributed by atoms with E-state index in [1.165, 1.54) is 19.2 Å². The molecule has 0 aliphatic carbocycles. The van der Waals surface area contributed by atoms with Crippen LogP contribution in [0.15, 0.2) is 33.6 Å². The highest BCUT2D eigenvalue weighted by atomic mass is 79.9. The van der Waals surface area contributed by atoms with Gasteiger partial charge in [0.15, 0.2) is 0 Å². The number of hydrogen-bond acceptors (Lipinski definition) is 4. The average molecular weight is 413 g/mol. The minimum atomic E-state index is -3.64. The highest BCUT2D eigenvalue weighted by Crippen LogP contribution is 2.17. The fourth-order valence-electron chi connectivity index (χ4n) is 2.08. The van der Waals surface area contributed by atoms with Gasteiger partial charge in [-0.2, -0.15) is 4.31 Å². The average Bonchev–Trinajstić information content (AvgIpc) is 2.48. The summed E-state index contributed by atoms with van der Waals surface area (Å²) in [5.74, 6) is -0.167. The van der Waals surface area contributed by atoms with Gasteiger partial charge in [-0.25, -0.2) is 8.42 Å². The minimum absolute atomic E-state index is 0. The summed E-state index contributed by atoms with van der Waals surface area (Å²) in [5, 5.41) is 3.15. The van der Waals surface area contributed by atoms with Crippen LogP contribution in [0.2, 0.25) is 0 Å². The van der Waals surface area contributed by atoms with E-state index in [0.29, 0.717) is 13.1 Å². The smallest absolute Gasteiger partial charge is 0.243 e. The maximum atomic E-state index is 12.4. The number of hydrogen-bond donors (Lipinski definition) is 1. The molecule has 1 aromatic carbocycles. The molecule has 0 spiro atoms. The molecule has 22 heavy (non-hydrogen) atoms. The van der Waals surface area contributed by atoms with E-state index >= 15 is 0 Å². The first kappa shape index (κ1) is 19.4. The zero-order chi connectivity index (χ0) is 15.5. The van der Waals surface area contributed by atoms with Crippen LogP contribution in [0.1, 0.15) is 0 Å². The Morgan fingerprint density at radius 1 is 1.27 bits per heavy atom. The lowest BCUT2D eigenvalue weighted by atomic mass is 10.3. The van der Waals surface area contributed by atoms with Crippen molar-refractivity contribution in [3.63, 3.8) is 0 Å². The fraction of sp³-hybridized carbons (Fsp3) is 0.462. The quantitative estimate of drug-likeness (QED) is 0.798. The summed E-state index contributed by atoms with van der Waals surface area (Å²) in [7, 11) is -2.21. The standard InChI is InChI=1S/C13H18BrN3O3S.ClH/c1-16(10-13(18)17-8-6-15-7-9-17)21(19,20)12-4-2-11(14)3-5-12;/h2-5,15H,6-10H2,1H3;1H. The van der Waals surface area contributed by atoms with Crippen LogP contribution in [-0.4, -0.2) is 63.3 Å². The molecular formula is C13H19BrClN3O3S. The van der Waals surface area contributed by atoms with Crippen LogP contribution in [0.4, 0.5) is 0 Å². The number of rotatable bonds is 4. The number of carbonyl (C=O) groups is 1. The molecule has 1 aliphatic rings. The molecule has 2 rings (SSSR count). The topological polar surface area (TPSA) is 69.7 Å². The molecule has 6 nitrogen and oxygen atoms in total. The van der Waals surface area contributed by atoms with Gasteiger partial charge >= 0.3 is 0 Å². The van der Waals surface area contributed by atoms with E-state index < -0.39 is 10.0 Å². The lowest BCUT2D eigenvalue weighted by Gasteiger charge is -2.29. The number of amides is 1. The molecule has 1 heterocycles. The van der Waals surface area contributed by atoms with Crippen LogP contribution < -0.4 is 5.32 Å². The van der Waals surface area contributed by atoms with E-state index in [0.717, 1.165) is 21.9 Å². The molecule has 0 bridgehead atoms. The molecule has 0 aromatic heterocycles. The largest absolute Gasteiger partial charge is 0.339 e. The summed E-state index contributed by atoms with van der Waals surface area (Å²) in [4.78, 5) is 14.0. The van der Waals surface area contributed by atoms with Gasteiger partial charge in [-0.15, -0.1) is 12.4 Å². The second-order valence-electron chi connectivity index (χ2n) is 4.85. The highest BCUT2D eigenvalue weighted by molar-refractivity contribution is 9.10. The normalized spacial score (nSPS) is 15.5. The lowest BCUT2D eigenvalue weighted by molar-refractivity contribution is -0.131. The van der Waals surface area contributed by atoms with Crippen molar-refractivity contribution >= 4 is 44.3 Å². The van der Waals surface area contributed by atoms with Gasteiger partial charge in [0.05, 0.1) is 11.4 Å². The summed E-state index contributed by atoms with van der Waals surface area (Å²) < 4.78 is 26.7. The Balaban J connectivity index is 0.00000242. The molecule has 1 saturated heterocycles. The second-order valence-corrected chi connectivity index (χ2v) is 7.81. The molecule has 1 aliphatic heterocycles. The first-order chi connectivity index (χ1) is 9.91. The van der Waals surface area contributed by atoms with Gasteiger partial charge in [0.25, 0.3) is 0 Å². The number of likely N-dealkylation sites (N-methyl/N-ethyl adjacent to an activating group) is 1. The number of halogens is 2. The second kappa shape index (κ2) is 8.26. The van der Waals surface area contributed by atoms with Crippen LogP contribution in [0.25, 0.3) is 0 Å². The molecule has 0 saturated carbocycles. The van der Waals surface area contributed by atoms with Gasteiger partial charge in [-0.05, 0) is 24.3 Å². The van der Waals surface area contributed by atoms with Crippen LogP contribution in [0.5, 0.6) is 0 Å². The zero-order valence-corrected chi connectivity index (χ0v) is 15.4. The summed E-state index contributed by atoms with van der Waals surface area (Å²) in [5.41, 5.74) is 0. The number of carbonyl (C=O) groups excluding carboxylic acids is 1. The van der Waals surface area contributed by atoms with E-state index in [4.69, 9.17) is 0 Å². The fourth-order valence-corrected chi connectivity index (χ4v) is 3.46. The molecule has 9 heteroatoms. The first-order valence-corrected chi connectivity index (χ1v) is 8.85. The minimum Gasteiger partial charge on any atom is -0.339 e. The van der Waals surface area contributed by atoms with Gasteiger partial charge < -0.3 is 10.2 Å². The monoisotopic (exact) mass is 411 g/mol. The molecule has 124 valence electrons. The predicted molar refractivity (Wildman–Crippen MR) is 90.7 cm³/mol. The van der Waals surface area contributed by atoms with Crippen LogP contribution in [0, 0.1) is 0 Å². The maximum absolute atomic E-state index is 12.4. The first-order valence-electron chi connectivity index (χ1n) is 6.61. The van der Waals surface area contributed by atoms with Crippen molar-refractivity contribution in [2.75, 3.05) is 39.8 Å². The molecule has 1 aromatic rings. The number of nitrogens with zero attached hydrogens (tertiary/aromatic N) is 2. The summed E-state index contributed by atoms with van der Waals surface area (Å²) >= 11 is 3.27. The van der Waals surface area contributed by atoms with E-state index in [1.807, 2.05) is 0 Å². The number of nitrogens with one attached hydrogen (secondary N) is 1. The van der Waals surface area contributed by atoms with Crippen LogP contribution >= 0.6 is 28.3 Å². The van der Waals surface area contributed by atoms with Gasteiger partial charge in [0, 0.05) is 37.7 Å². The van der Waals surface area contributed by atoms with Crippen molar-refractivity contribution in [2.45, 2.75) is 4.90 Å². The number of piperazine rings is 1. The van der Waals surface area contributed by atoms with Crippen molar-refractivity contribution in [1.29, 1.82) is 0 Å². The SMILES string of the molecule is CN(CC(=O)N1CCNCC1)S(=O)(=O)c1ccc(Br)cc1.Cl. The van der Waals surface area contributed by atoms with Gasteiger partial charge in [-0.3, -0.25) is 4.79 Å². The molecule has 0 atom stereocenters. The predicted octanol–water partition coefficient (Wildman–Crippen LogP) is 0.923.